The van der Waals surface area contributed by atoms with Crippen LogP contribution < -0.4 is 0 Å². The van der Waals surface area contributed by atoms with E-state index in [1.807, 2.05) is 71.4 Å². The predicted octanol–water partition coefficient (Wildman–Crippen LogP) is 3.50. The van der Waals surface area contributed by atoms with Crippen molar-refractivity contribution in [3.8, 4) is 0 Å². The van der Waals surface area contributed by atoms with E-state index in [2.05, 4.69) is 10.1 Å². The lowest BCUT2D eigenvalue weighted by Crippen LogP contribution is -2.11. The van der Waals surface area contributed by atoms with E-state index < -0.39 is 0 Å². The zero-order valence-corrected chi connectivity index (χ0v) is 12.2. The molecule has 0 N–H and O–H groups in total. The minimum atomic E-state index is 0.459. The molecule has 0 radical (unpaired) electrons. The molecule has 0 atom stereocenters. The normalized spacial score (nSPS) is 11.4. The van der Waals surface area contributed by atoms with E-state index in [-0.39, 0.29) is 0 Å². The fourth-order valence-electron chi connectivity index (χ4n) is 2.12. The highest BCUT2D eigenvalue weighted by Gasteiger charge is 2.05. The molecule has 1 heterocycles. The minimum absolute atomic E-state index is 0.459. The Balaban J connectivity index is 1.74. The first-order chi connectivity index (χ1) is 10.9. The van der Waals surface area contributed by atoms with Crippen LogP contribution in [0.5, 0.6) is 0 Å². The Hall–Kier alpha value is -2.88. The molecule has 0 unspecified atom stereocenters. The van der Waals surface area contributed by atoms with Crippen LogP contribution in [0.25, 0.3) is 0 Å². The van der Waals surface area contributed by atoms with E-state index in [9.17, 15) is 0 Å². The summed E-state index contributed by atoms with van der Waals surface area (Å²) >= 11 is 0. The van der Waals surface area contributed by atoms with Gasteiger partial charge in [0.2, 0.25) is 0 Å². The van der Waals surface area contributed by atoms with Gasteiger partial charge in [0.1, 0.15) is 12.3 Å². The smallest absolute Gasteiger partial charge is 0.142 e. The fraction of sp³-hybridized carbons (Fsp3) is 0.111. The van der Waals surface area contributed by atoms with Crippen molar-refractivity contribution >= 4 is 5.71 Å². The Morgan fingerprint density at radius 3 is 2.41 bits per heavy atom. The molecule has 0 aliphatic carbocycles. The third-order valence-corrected chi connectivity index (χ3v) is 3.25. The lowest BCUT2D eigenvalue weighted by atomic mass is 10.1. The first-order valence-electron chi connectivity index (χ1n) is 7.16. The van der Waals surface area contributed by atoms with E-state index in [1.165, 1.54) is 0 Å². The van der Waals surface area contributed by atoms with E-state index in [0.717, 1.165) is 16.8 Å². The van der Waals surface area contributed by atoms with Crippen LogP contribution >= 0.6 is 0 Å². The average molecular weight is 291 g/mol. The summed E-state index contributed by atoms with van der Waals surface area (Å²) in [7, 11) is 0. The lowest BCUT2D eigenvalue weighted by molar-refractivity contribution is 0.130. The highest BCUT2D eigenvalue weighted by molar-refractivity contribution is 6.00. The largest absolute Gasteiger partial charge is 0.391 e. The summed E-state index contributed by atoms with van der Waals surface area (Å²) in [4.78, 5) is 9.60. The highest BCUT2D eigenvalue weighted by Crippen LogP contribution is 2.07. The molecule has 0 bridgehead atoms. The molecule has 4 heteroatoms. The molecule has 3 rings (SSSR count). The molecule has 4 nitrogen and oxygen atoms in total. The molecule has 2 aromatic carbocycles. The Bertz CT molecular complexity index is 707. The molecule has 0 amide bonds. The standard InChI is InChI=1S/C18H17N3O/c1-3-7-16(8-4-1)14-22-20-18(13-21-12-11-19-15-21)17-9-5-2-6-10-17/h1-12,15H,13-14H2/b20-18-. The molecule has 3 aromatic rings. The first kappa shape index (κ1) is 14.1. The Labute approximate surface area is 129 Å². The predicted molar refractivity (Wildman–Crippen MR) is 86.4 cm³/mol. The Morgan fingerprint density at radius 2 is 1.73 bits per heavy atom. The second-order valence-electron chi connectivity index (χ2n) is 4.90. The highest BCUT2D eigenvalue weighted by atomic mass is 16.6. The number of benzene rings is 2. The molecule has 0 saturated carbocycles. The number of nitrogens with zero attached hydrogens (tertiary/aromatic N) is 3. The van der Waals surface area contributed by atoms with Gasteiger partial charge in [0.05, 0.1) is 12.9 Å². The molecule has 0 spiro atoms. The number of hydrogen-bond acceptors (Lipinski definition) is 3. The fourth-order valence-corrected chi connectivity index (χ4v) is 2.12. The van der Waals surface area contributed by atoms with Gasteiger partial charge in [0.15, 0.2) is 0 Å². The zero-order chi connectivity index (χ0) is 15.0. The van der Waals surface area contributed by atoms with E-state index in [1.54, 1.807) is 12.5 Å². The lowest BCUT2D eigenvalue weighted by Gasteiger charge is -2.08. The number of imidazole rings is 1. The summed E-state index contributed by atoms with van der Waals surface area (Å²) in [5.74, 6) is 0. The summed E-state index contributed by atoms with van der Waals surface area (Å²) in [6.45, 7) is 1.08. The van der Waals surface area contributed by atoms with Gasteiger partial charge >= 0.3 is 0 Å². The molecule has 0 fully saturated rings. The quantitative estimate of drug-likeness (QED) is 0.515. The van der Waals surface area contributed by atoms with Gasteiger partial charge in [-0.1, -0.05) is 65.8 Å². The van der Waals surface area contributed by atoms with Gasteiger partial charge in [-0.25, -0.2) is 4.98 Å². The van der Waals surface area contributed by atoms with Crippen LogP contribution in [0.15, 0.2) is 84.5 Å². The van der Waals surface area contributed by atoms with Gasteiger partial charge in [-0.05, 0) is 5.56 Å². The summed E-state index contributed by atoms with van der Waals surface area (Å²) < 4.78 is 1.97. The number of rotatable bonds is 6. The summed E-state index contributed by atoms with van der Waals surface area (Å²) in [6.07, 6.45) is 5.44. The van der Waals surface area contributed by atoms with Crippen LogP contribution in [0.3, 0.4) is 0 Å². The molecule has 22 heavy (non-hydrogen) atoms. The van der Waals surface area contributed by atoms with Crippen LogP contribution in [0.1, 0.15) is 11.1 Å². The van der Waals surface area contributed by atoms with Crippen molar-refractivity contribution in [2.45, 2.75) is 13.2 Å². The van der Waals surface area contributed by atoms with Crippen LogP contribution in [-0.4, -0.2) is 15.3 Å². The molecule has 0 aliphatic heterocycles. The maximum absolute atomic E-state index is 5.54. The van der Waals surface area contributed by atoms with Gasteiger partial charge in [0, 0.05) is 18.0 Å². The van der Waals surface area contributed by atoms with Gasteiger partial charge in [-0.2, -0.15) is 0 Å². The molecule has 0 aliphatic rings. The summed E-state index contributed by atoms with van der Waals surface area (Å²) in [5.41, 5.74) is 3.01. The number of oxime groups is 1. The van der Waals surface area contributed by atoms with Gasteiger partial charge in [-0.3, -0.25) is 0 Å². The maximum atomic E-state index is 5.54. The molecule has 1 aromatic heterocycles. The maximum Gasteiger partial charge on any atom is 0.142 e. The Morgan fingerprint density at radius 1 is 1.00 bits per heavy atom. The van der Waals surface area contributed by atoms with Crippen LogP contribution in [-0.2, 0) is 18.0 Å². The first-order valence-corrected chi connectivity index (χ1v) is 7.16. The zero-order valence-electron chi connectivity index (χ0n) is 12.2. The van der Waals surface area contributed by atoms with Crippen molar-refractivity contribution in [2.75, 3.05) is 0 Å². The SMILES string of the molecule is c1ccc(CO/N=C(/Cn2ccnc2)c2ccccc2)cc1. The third kappa shape index (κ3) is 3.82. The summed E-state index contributed by atoms with van der Waals surface area (Å²) in [6, 6.07) is 20.1. The molecule has 110 valence electrons. The van der Waals surface area contributed by atoms with Gasteiger partial charge in [0.25, 0.3) is 0 Å². The topological polar surface area (TPSA) is 39.4 Å². The van der Waals surface area contributed by atoms with Crippen molar-refractivity contribution in [3.05, 3.63) is 90.5 Å². The summed E-state index contributed by atoms with van der Waals surface area (Å²) in [5, 5.41) is 4.33. The second kappa shape index (κ2) is 7.22. The second-order valence-corrected chi connectivity index (χ2v) is 4.90. The van der Waals surface area contributed by atoms with E-state index in [4.69, 9.17) is 4.84 Å². The van der Waals surface area contributed by atoms with E-state index in [0.29, 0.717) is 13.2 Å². The molecule has 0 saturated heterocycles. The monoisotopic (exact) mass is 291 g/mol. The van der Waals surface area contributed by atoms with Crippen molar-refractivity contribution in [1.82, 2.24) is 9.55 Å². The van der Waals surface area contributed by atoms with Crippen molar-refractivity contribution in [1.29, 1.82) is 0 Å². The number of aromatic nitrogens is 2. The molecular weight excluding hydrogens is 274 g/mol. The van der Waals surface area contributed by atoms with E-state index >= 15 is 0 Å². The van der Waals surface area contributed by atoms with Crippen molar-refractivity contribution in [3.63, 3.8) is 0 Å². The van der Waals surface area contributed by atoms with Gasteiger partial charge < -0.3 is 9.40 Å². The molecular formula is C18H17N3O. The van der Waals surface area contributed by atoms with Crippen molar-refractivity contribution in [2.24, 2.45) is 5.16 Å². The van der Waals surface area contributed by atoms with Crippen molar-refractivity contribution < 1.29 is 4.84 Å². The number of hydrogen-bond donors (Lipinski definition) is 0. The Kier molecular flexibility index (Phi) is 4.62. The van der Waals surface area contributed by atoms with Crippen LogP contribution in [0.4, 0.5) is 0 Å². The third-order valence-electron chi connectivity index (χ3n) is 3.25. The van der Waals surface area contributed by atoms with Gasteiger partial charge in [-0.15, -0.1) is 0 Å². The average Bonchev–Trinajstić information content (AvgIpc) is 3.09. The van der Waals surface area contributed by atoms with Crippen LogP contribution in [0, 0.1) is 0 Å². The minimum Gasteiger partial charge on any atom is -0.391 e. The van der Waals surface area contributed by atoms with Crippen LogP contribution in [0.2, 0.25) is 0 Å².